The van der Waals surface area contributed by atoms with Gasteiger partial charge in [-0.05, 0) is 48.4 Å². The highest BCUT2D eigenvalue weighted by atomic mass is 32.1. The number of rotatable bonds is 3. The van der Waals surface area contributed by atoms with Crippen LogP contribution in [0.25, 0.3) is 0 Å². The summed E-state index contributed by atoms with van der Waals surface area (Å²) in [5, 5.41) is 3.06. The van der Waals surface area contributed by atoms with Gasteiger partial charge in [0.05, 0.1) is 5.71 Å². The molecule has 3 rings (SSSR count). The van der Waals surface area contributed by atoms with E-state index in [2.05, 4.69) is 15.0 Å². The topological polar surface area (TPSA) is 33.6 Å². The summed E-state index contributed by atoms with van der Waals surface area (Å²) < 4.78 is 55.2. The van der Waals surface area contributed by atoms with E-state index in [1.54, 1.807) is 0 Å². The number of aliphatic imine (C=N–C) groups is 1. The van der Waals surface area contributed by atoms with Gasteiger partial charge in [0.25, 0.3) is 0 Å². The maximum Gasteiger partial charge on any atom is 0.573 e. The van der Waals surface area contributed by atoms with E-state index >= 15 is 0 Å². The molecule has 0 fully saturated rings. The fraction of sp³-hybridized carbons (Fsp3) is 0.263. The number of benzodiazepines with no additional fused rings is 1. The summed E-state index contributed by atoms with van der Waals surface area (Å²) in [5.41, 5.74) is 1.90. The number of nitrogens with one attached hydrogen (secondary N) is 1. The van der Waals surface area contributed by atoms with E-state index in [0.29, 0.717) is 27.5 Å². The molecule has 1 aliphatic rings. The zero-order chi connectivity index (χ0) is 19.8. The Morgan fingerprint density at radius 3 is 2.37 bits per heavy atom. The first kappa shape index (κ1) is 19.3. The van der Waals surface area contributed by atoms with Crippen molar-refractivity contribution in [3.05, 3.63) is 59.4 Å². The lowest BCUT2D eigenvalue weighted by molar-refractivity contribution is -0.274. The molecule has 1 heterocycles. The number of hydrogen-bond donors (Lipinski definition) is 1. The molecule has 27 heavy (non-hydrogen) atoms. The van der Waals surface area contributed by atoms with Crippen LogP contribution in [0.4, 0.5) is 23.2 Å². The number of hydrogen-bond acceptors (Lipinski definition) is 3. The first-order valence-electron chi connectivity index (χ1n) is 8.19. The first-order chi connectivity index (χ1) is 12.6. The smallest absolute Gasteiger partial charge is 0.406 e. The Hall–Kier alpha value is -2.48. The molecule has 0 saturated carbocycles. The zero-order valence-electron chi connectivity index (χ0n) is 14.5. The standard InChI is InChI=1S/C19H16F4N2OS/c1-10(2)16-18(27)24-15-8-7-13(26-19(21,22)23)9-14(15)17(25-16)11-3-5-12(20)6-4-11/h3-10,16H,1-2H3,(H,24,27). The molecule has 1 unspecified atom stereocenters. The zero-order valence-corrected chi connectivity index (χ0v) is 15.3. The Morgan fingerprint density at radius 1 is 1.11 bits per heavy atom. The third-order valence-electron chi connectivity index (χ3n) is 4.02. The van der Waals surface area contributed by atoms with Crippen LogP contribution in [0.3, 0.4) is 0 Å². The SMILES string of the molecule is CC(C)C1N=C(c2ccc(F)cc2)c2cc(OC(F)(F)F)ccc2NC1=S. The minimum atomic E-state index is -4.81. The number of halogens is 4. The van der Waals surface area contributed by atoms with Crippen molar-refractivity contribution < 1.29 is 22.3 Å². The van der Waals surface area contributed by atoms with Gasteiger partial charge in [-0.15, -0.1) is 13.2 Å². The van der Waals surface area contributed by atoms with Crippen molar-refractivity contribution in [2.75, 3.05) is 5.32 Å². The molecule has 2 aromatic carbocycles. The fourth-order valence-electron chi connectivity index (χ4n) is 2.79. The fourth-order valence-corrected chi connectivity index (χ4v) is 3.22. The summed E-state index contributed by atoms with van der Waals surface area (Å²) in [6.07, 6.45) is -4.81. The number of thiocarbonyl (C=S) groups is 1. The van der Waals surface area contributed by atoms with Crippen LogP contribution in [0.2, 0.25) is 0 Å². The maximum atomic E-state index is 13.3. The van der Waals surface area contributed by atoms with Crippen molar-refractivity contribution in [1.82, 2.24) is 0 Å². The second kappa shape index (κ2) is 7.26. The minimum absolute atomic E-state index is 0.0562. The Kier molecular flexibility index (Phi) is 5.19. The van der Waals surface area contributed by atoms with Crippen molar-refractivity contribution in [2.45, 2.75) is 26.3 Å². The molecule has 0 spiro atoms. The minimum Gasteiger partial charge on any atom is -0.406 e. The quantitative estimate of drug-likeness (QED) is 0.562. The molecular formula is C19H16F4N2OS. The number of alkyl halides is 3. The Balaban J connectivity index is 2.17. The van der Waals surface area contributed by atoms with Gasteiger partial charge in [0.1, 0.15) is 22.6 Å². The molecule has 142 valence electrons. The molecule has 2 aromatic rings. The van der Waals surface area contributed by atoms with Gasteiger partial charge in [0.2, 0.25) is 0 Å². The van der Waals surface area contributed by atoms with Crippen molar-refractivity contribution in [1.29, 1.82) is 0 Å². The second-order valence-corrected chi connectivity index (χ2v) is 6.86. The predicted molar refractivity (Wildman–Crippen MR) is 100 cm³/mol. The van der Waals surface area contributed by atoms with E-state index in [9.17, 15) is 17.6 Å². The van der Waals surface area contributed by atoms with Crippen LogP contribution in [-0.4, -0.2) is 23.1 Å². The third kappa shape index (κ3) is 4.44. The number of ether oxygens (including phenoxy) is 1. The molecule has 0 saturated heterocycles. The van der Waals surface area contributed by atoms with Crippen LogP contribution in [0.1, 0.15) is 25.0 Å². The summed E-state index contributed by atoms with van der Waals surface area (Å²) in [6, 6.07) is 9.15. The van der Waals surface area contributed by atoms with Gasteiger partial charge in [0.15, 0.2) is 0 Å². The average Bonchev–Trinajstić information content (AvgIpc) is 2.70. The van der Waals surface area contributed by atoms with Gasteiger partial charge in [0, 0.05) is 16.8 Å². The molecule has 0 amide bonds. The van der Waals surface area contributed by atoms with Crippen molar-refractivity contribution in [3.63, 3.8) is 0 Å². The highest BCUT2D eigenvalue weighted by Gasteiger charge is 2.32. The first-order valence-corrected chi connectivity index (χ1v) is 8.59. The summed E-state index contributed by atoms with van der Waals surface area (Å²) in [5.74, 6) is -0.733. The molecule has 0 radical (unpaired) electrons. The van der Waals surface area contributed by atoms with Crippen molar-refractivity contribution in [2.24, 2.45) is 10.9 Å². The number of nitrogens with zero attached hydrogens (tertiary/aromatic N) is 1. The molecule has 0 aliphatic carbocycles. The number of fused-ring (bicyclic) bond motifs is 1. The van der Waals surface area contributed by atoms with Gasteiger partial charge in [-0.25, -0.2) is 4.39 Å². The molecule has 1 N–H and O–H groups in total. The van der Waals surface area contributed by atoms with Gasteiger partial charge in [-0.1, -0.05) is 26.1 Å². The van der Waals surface area contributed by atoms with Gasteiger partial charge >= 0.3 is 6.36 Å². The molecule has 3 nitrogen and oxygen atoms in total. The van der Waals surface area contributed by atoms with Gasteiger partial charge in [-0.2, -0.15) is 0 Å². The van der Waals surface area contributed by atoms with Crippen LogP contribution in [0, 0.1) is 11.7 Å². The average molecular weight is 396 g/mol. The highest BCUT2D eigenvalue weighted by molar-refractivity contribution is 7.80. The predicted octanol–water partition coefficient (Wildman–Crippen LogP) is 5.34. The lowest BCUT2D eigenvalue weighted by Gasteiger charge is -2.17. The normalized spacial score (nSPS) is 17.1. The Labute approximate surface area is 159 Å². The summed E-state index contributed by atoms with van der Waals surface area (Å²) in [6.45, 7) is 3.89. The van der Waals surface area contributed by atoms with Crippen LogP contribution in [0.15, 0.2) is 47.5 Å². The molecular weight excluding hydrogens is 380 g/mol. The number of anilines is 1. The Bertz CT molecular complexity index is 892. The highest BCUT2D eigenvalue weighted by Crippen LogP contribution is 2.32. The van der Waals surface area contributed by atoms with Crippen LogP contribution in [0.5, 0.6) is 5.75 Å². The molecule has 1 aliphatic heterocycles. The van der Waals surface area contributed by atoms with Crippen molar-refractivity contribution >= 4 is 28.6 Å². The molecule has 8 heteroatoms. The molecule has 0 aromatic heterocycles. The summed E-state index contributed by atoms with van der Waals surface area (Å²) in [4.78, 5) is 5.15. The number of benzene rings is 2. The van der Waals surface area contributed by atoms with Crippen LogP contribution in [-0.2, 0) is 0 Å². The largest absolute Gasteiger partial charge is 0.573 e. The van der Waals surface area contributed by atoms with Crippen LogP contribution < -0.4 is 10.1 Å². The van der Waals surface area contributed by atoms with E-state index in [0.717, 1.165) is 0 Å². The lowest BCUT2D eigenvalue weighted by Crippen LogP contribution is -2.28. The lowest BCUT2D eigenvalue weighted by atomic mass is 9.99. The molecule has 0 bridgehead atoms. The monoisotopic (exact) mass is 396 g/mol. The van der Waals surface area contributed by atoms with Gasteiger partial charge in [-0.3, -0.25) is 4.99 Å². The maximum absolute atomic E-state index is 13.3. The van der Waals surface area contributed by atoms with Crippen LogP contribution >= 0.6 is 12.2 Å². The van der Waals surface area contributed by atoms with E-state index in [1.165, 1.54) is 42.5 Å². The Morgan fingerprint density at radius 2 is 1.78 bits per heavy atom. The van der Waals surface area contributed by atoms with E-state index in [4.69, 9.17) is 12.2 Å². The van der Waals surface area contributed by atoms with Gasteiger partial charge < -0.3 is 10.1 Å². The van der Waals surface area contributed by atoms with E-state index in [-0.39, 0.29) is 17.7 Å². The van der Waals surface area contributed by atoms with E-state index in [1.807, 2.05) is 13.8 Å². The second-order valence-electron chi connectivity index (χ2n) is 6.42. The summed E-state index contributed by atoms with van der Waals surface area (Å²) in [7, 11) is 0. The van der Waals surface area contributed by atoms with E-state index < -0.39 is 12.2 Å². The van der Waals surface area contributed by atoms with Crippen molar-refractivity contribution in [3.8, 4) is 5.75 Å². The molecule has 1 atom stereocenters. The summed E-state index contributed by atoms with van der Waals surface area (Å²) >= 11 is 5.42. The third-order valence-corrected chi connectivity index (χ3v) is 4.37.